The molecule has 0 bridgehead atoms. The Morgan fingerprint density at radius 3 is 0.824 bits per heavy atom. The molecule has 29 aromatic rings. The second-order valence-electron chi connectivity index (χ2n) is 35.7. The summed E-state index contributed by atoms with van der Waals surface area (Å²) < 4.78 is 13.5. The van der Waals surface area contributed by atoms with Crippen molar-refractivity contribution < 1.29 is 0 Å². The Morgan fingerprint density at radius 2 is 0.437 bits per heavy atom. The molecule has 0 saturated carbocycles. The molecule has 0 aliphatic rings. The van der Waals surface area contributed by atoms with Gasteiger partial charge >= 0.3 is 0 Å². The number of rotatable bonds is 13. The van der Waals surface area contributed by atoms with E-state index in [1.165, 1.54) is 43.4 Å². The normalized spacial score (nSPS) is 11.7. The lowest BCUT2D eigenvalue weighted by atomic mass is 9.93. The molecule has 0 spiro atoms. The maximum Gasteiger partial charge on any atom is 0.235 e. The Morgan fingerprint density at radius 1 is 0.155 bits per heavy atom. The number of hydrogen-bond donors (Lipinski definition) is 0. The van der Waals surface area contributed by atoms with Gasteiger partial charge in [-0.2, -0.15) is 0 Å². The van der Waals surface area contributed by atoms with Crippen LogP contribution in [-0.2, 0) is 0 Å². The number of para-hydroxylation sites is 9. The van der Waals surface area contributed by atoms with Crippen molar-refractivity contribution in [3.8, 4) is 114 Å². The maximum atomic E-state index is 5.48. The van der Waals surface area contributed by atoms with E-state index in [0.717, 1.165) is 183 Å². The lowest BCUT2D eigenvalue weighted by molar-refractivity contribution is 1.01. The first-order valence-corrected chi connectivity index (χ1v) is 47.8. The lowest BCUT2D eigenvalue weighted by Crippen LogP contribution is -2.05. The predicted octanol–water partition coefficient (Wildman–Crippen LogP) is 31.6. The molecule has 14 nitrogen and oxygen atoms in total. The van der Waals surface area contributed by atoms with Crippen LogP contribution in [0.5, 0.6) is 0 Å². The van der Waals surface area contributed by atoms with E-state index in [4.69, 9.17) is 39.9 Å². The van der Waals surface area contributed by atoms with Gasteiger partial charge in [0.15, 0.2) is 5.82 Å². The number of fused-ring (bicyclic) bond motifs is 19. The summed E-state index contributed by atoms with van der Waals surface area (Å²) in [5.74, 6) is 2.44. The molecule has 664 valence electrons. The van der Waals surface area contributed by atoms with E-state index < -0.39 is 0 Å². The highest BCUT2D eigenvalue weighted by molar-refractivity contribution is 6.22. The standard InChI is InChI=1S/C44H28N6.C44H28N4.C40H26N4/c1-4-14-29(15-5-1)37-28-38(30-16-6-2-7-17-30)46-43(45-37)41-34-21-10-12-22-36(34)47-44(48-41)50-40-23-13-11-20-32(40)33-24-25-39-35(42(33)50)26-27-49(39)31-18-8-3-9-19-31;1-3-13-29(14-4-1)31-23-24-35(33-18-8-7-17-32(31)33)42-37-20-9-11-21-39(37)45-44(46-42)48-41-22-12-10-19-34(41)36-25-26-40-38(43(36)48)27-28-47(40)30-15-5-2-6-16-30;1-3-13-27(14-4-1)29-17-7-8-19-31(29)38-33-20-9-11-21-35(33)41-40(42-38)44-37-22-12-10-18-30(37)32-23-24-36-34(39(32)44)25-26-43(36)28-15-5-2-6-16-28/h1-28H;1-28H;1-26H. The highest BCUT2D eigenvalue weighted by Gasteiger charge is 2.28. The van der Waals surface area contributed by atoms with E-state index in [0.29, 0.717) is 29.4 Å². The van der Waals surface area contributed by atoms with E-state index in [2.05, 4.69) is 465 Å². The zero-order valence-electron chi connectivity index (χ0n) is 76.6. The molecule has 0 atom stereocenters. The first-order chi connectivity index (χ1) is 70.5. The third kappa shape index (κ3) is 13.9. The molecule has 10 aromatic heterocycles. The Bertz CT molecular complexity index is 9930. The summed E-state index contributed by atoms with van der Waals surface area (Å²) in [5.41, 5.74) is 29.0. The highest BCUT2D eigenvalue weighted by atomic mass is 15.2. The molecule has 0 saturated heterocycles. The molecular weight excluding hydrogens is 1730 g/mol. The van der Waals surface area contributed by atoms with Crippen LogP contribution in [0.1, 0.15) is 0 Å². The van der Waals surface area contributed by atoms with Crippen LogP contribution in [0.25, 0.3) is 255 Å². The fraction of sp³-hybridized carbons (Fsp3) is 0. The molecule has 0 fully saturated rings. The van der Waals surface area contributed by atoms with Crippen LogP contribution in [0, 0.1) is 0 Å². The van der Waals surface area contributed by atoms with Crippen LogP contribution in [0.4, 0.5) is 0 Å². The van der Waals surface area contributed by atoms with Crippen molar-refractivity contribution in [1.82, 2.24) is 67.3 Å². The highest BCUT2D eigenvalue weighted by Crippen LogP contribution is 2.46. The zero-order chi connectivity index (χ0) is 93.7. The Hall–Kier alpha value is -19.4. The number of hydrogen-bond acceptors (Lipinski definition) is 8. The SMILES string of the molecule is c1ccc(-c2cc(-c3ccccc3)nc(-c3nc(-n4c5ccccc5c5ccc6c(ccn6-c6ccccc6)c54)nc4ccccc34)n2)cc1.c1ccc(-c2ccc(-c3nc(-n4c5ccccc5c5ccc6c(ccn6-c6ccccc6)c54)nc4ccccc34)c3ccccc23)cc1.c1ccc(-c2ccccc2-c2nc(-n3c4ccccc4c4ccc5c(ccn5-c5ccccc5)c43)nc3ccccc23)cc1. The Kier molecular flexibility index (Phi) is 19.9. The average Bonchev–Trinajstić information content (AvgIpc) is 1.57. The minimum atomic E-state index is 0.547. The van der Waals surface area contributed by atoms with Gasteiger partial charge in [0.2, 0.25) is 17.8 Å². The van der Waals surface area contributed by atoms with Crippen LogP contribution in [0.3, 0.4) is 0 Å². The molecule has 0 aliphatic heterocycles. The smallest absolute Gasteiger partial charge is 0.235 e. The predicted molar refractivity (Wildman–Crippen MR) is 583 cm³/mol. The first-order valence-electron chi connectivity index (χ1n) is 47.8. The molecule has 0 aliphatic carbocycles. The summed E-state index contributed by atoms with van der Waals surface area (Å²) >= 11 is 0. The van der Waals surface area contributed by atoms with E-state index in [-0.39, 0.29) is 0 Å². The fourth-order valence-corrected chi connectivity index (χ4v) is 21.2. The minimum absolute atomic E-state index is 0.547. The van der Waals surface area contributed by atoms with E-state index in [9.17, 15) is 0 Å². The van der Waals surface area contributed by atoms with Crippen molar-refractivity contribution in [2.24, 2.45) is 0 Å². The lowest BCUT2D eigenvalue weighted by Gasteiger charge is -2.15. The van der Waals surface area contributed by atoms with Gasteiger partial charge in [-0.05, 0) is 148 Å². The molecule has 0 amide bonds. The third-order valence-electron chi connectivity index (χ3n) is 27.6. The van der Waals surface area contributed by atoms with Crippen molar-refractivity contribution >= 4 is 142 Å². The summed E-state index contributed by atoms with van der Waals surface area (Å²) in [4.78, 5) is 42.3. The van der Waals surface area contributed by atoms with Crippen LogP contribution < -0.4 is 0 Å². The average molecular weight is 1820 g/mol. The van der Waals surface area contributed by atoms with Gasteiger partial charge in [-0.1, -0.05) is 364 Å². The Balaban J connectivity index is 0.000000107. The molecule has 0 N–H and O–H groups in total. The van der Waals surface area contributed by atoms with E-state index in [1.807, 2.05) is 60.7 Å². The molecule has 10 heterocycles. The molecule has 0 unspecified atom stereocenters. The van der Waals surface area contributed by atoms with Crippen molar-refractivity contribution in [2.75, 3.05) is 0 Å². The summed E-state index contributed by atoms with van der Waals surface area (Å²) in [7, 11) is 0. The van der Waals surface area contributed by atoms with Crippen molar-refractivity contribution in [3.05, 3.63) is 498 Å². The molecule has 29 rings (SSSR count). The van der Waals surface area contributed by atoms with Gasteiger partial charge in [0, 0.05) is 123 Å². The summed E-state index contributed by atoms with van der Waals surface area (Å²) in [6, 6.07) is 167. The van der Waals surface area contributed by atoms with Crippen LogP contribution in [0.2, 0.25) is 0 Å². The van der Waals surface area contributed by atoms with Gasteiger partial charge in [0.1, 0.15) is 5.69 Å². The zero-order valence-corrected chi connectivity index (χ0v) is 76.6. The first kappa shape index (κ1) is 82.1. The number of benzene rings is 19. The molecule has 142 heavy (non-hydrogen) atoms. The van der Waals surface area contributed by atoms with E-state index in [1.54, 1.807) is 0 Å². The summed E-state index contributed by atoms with van der Waals surface area (Å²) in [5, 5.41) is 15.8. The second kappa shape index (κ2) is 34.4. The van der Waals surface area contributed by atoms with Gasteiger partial charge in [-0.3, -0.25) is 13.7 Å². The second-order valence-corrected chi connectivity index (χ2v) is 35.7. The fourth-order valence-electron chi connectivity index (χ4n) is 21.2. The van der Waals surface area contributed by atoms with Gasteiger partial charge in [0.05, 0.1) is 89.0 Å². The van der Waals surface area contributed by atoms with Crippen molar-refractivity contribution in [2.45, 2.75) is 0 Å². The largest absolute Gasteiger partial charge is 0.316 e. The summed E-state index contributed by atoms with van der Waals surface area (Å²) in [6.07, 6.45) is 6.46. The van der Waals surface area contributed by atoms with Gasteiger partial charge in [-0.25, -0.2) is 39.9 Å². The quantitative estimate of drug-likeness (QED) is 0.111. The van der Waals surface area contributed by atoms with Crippen molar-refractivity contribution in [1.29, 1.82) is 0 Å². The number of aromatic nitrogens is 14. The molecule has 0 radical (unpaired) electrons. The molecular formula is C128H82N14. The van der Waals surface area contributed by atoms with Gasteiger partial charge in [-0.15, -0.1) is 0 Å². The van der Waals surface area contributed by atoms with Gasteiger partial charge < -0.3 is 13.7 Å². The molecule has 19 aromatic carbocycles. The van der Waals surface area contributed by atoms with E-state index >= 15 is 0 Å². The van der Waals surface area contributed by atoms with Gasteiger partial charge in [0.25, 0.3) is 0 Å². The van der Waals surface area contributed by atoms with Crippen LogP contribution >= 0.6 is 0 Å². The molecule has 14 heteroatoms. The van der Waals surface area contributed by atoms with Crippen molar-refractivity contribution in [3.63, 3.8) is 0 Å². The summed E-state index contributed by atoms with van der Waals surface area (Å²) in [6.45, 7) is 0. The van der Waals surface area contributed by atoms with Crippen LogP contribution in [-0.4, -0.2) is 67.3 Å². The Labute approximate surface area is 814 Å². The van der Waals surface area contributed by atoms with Crippen LogP contribution in [0.15, 0.2) is 498 Å². The third-order valence-corrected chi connectivity index (χ3v) is 27.6. The monoisotopic (exact) mass is 1810 g/mol. The minimum Gasteiger partial charge on any atom is -0.316 e. The number of nitrogens with zero attached hydrogens (tertiary/aromatic N) is 14. The maximum absolute atomic E-state index is 5.48. The topological polar surface area (TPSA) is 133 Å².